The first-order valence-electron chi connectivity index (χ1n) is 9.57. The van der Waals surface area contributed by atoms with Gasteiger partial charge in [0.15, 0.2) is 0 Å². The topological polar surface area (TPSA) is 44.1 Å². The van der Waals surface area contributed by atoms with Crippen molar-refractivity contribution in [2.24, 2.45) is 0 Å². The summed E-state index contributed by atoms with van der Waals surface area (Å²) < 4.78 is 7.38. The summed E-state index contributed by atoms with van der Waals surface area (Å²) in [6.45, 7) is 10.9. The second-order valence-corrected chi connectivity index (χ2v) is 7.96. The Labute approximate surface area is 161 Å². The molecule has 3 aromatic rings. The lowest BCUT2D eigenvalue weighted by molar-refractivity contribution is -0.147. The first-order chi connectivity index (χ1) is 12.8. The summed E-state index contributed by atoms with van der Waals surface area (Å²) in [5.41, 5.74) is 4.17. The van der Waals surface area contributed by atoms with Gasteiger partial charge in [-0.15, -0.1) is 0 Å². The van der Waals surface area contributed by atoms with Crippen LogP contribution < -0.4 is 0 Å². The Morgan fingerprint density at radius 1 is 1.11 bits per heavy atom. The van der Waals surface area contributed by atoms with Crippen molar-refractivity contribution in [1.82, 2.24) is 9.55 Å². The molecular formula is C23H28N2O2. The molecule has 4 heteroatoms. The van der Waals surface area contributed by atoms with E-state index in [9.17, 15) is 4.79 Å². The predicted molar refractivity (Wildman–Crippen MR) is 110 cm³/mol. The van der Waals surface area contributed by atoms with Crippen molar-refractivity contribution in [3.63, 3.8) is 0 Å². The summed E-state index contributed by atoms with van der Waals surface area (Å²) in [7, 11) is 0. The van der Waals surface area contributed by atoms with Gasteiger partial charge in [0.2, 0.25) is 0 Å². The van der Waals surface area contributed by atoms with Gasteiger partial charge in [-0.25, -0.2) is 9.78 Å². The Kier molecular flexibility index (Phi) is 5.36. The van der Waals surface area contributed by atoms with Crippen molar-refractivity contribution in [1.29, 1.82) is 0 Å². The minimum Gasteiger partial charge on any atom is -0.464 e. The zero-order chi connectivity index (χ0) is 19.6. The summed E-state index contributed by atoms with van der Waals surface area (Å²) in [6.07, 6.45) is 0.810. The predicted octanol–water partition coefficient (Wildman–Crippen LogP) is 5.52. The Hall–Kier alpha value is -2.62. The van der Waals surface area contributed by atoms with Crippen LogP contribution in [0.25, 0.3) is 22.4 Å². The Bertz CT molecular complexity index is 933. The SMILES string of the molecule is CCCOC(=O)C(C)n1c(-c2ccc(C(C)(C)C)cc2)nc2ccccc21. The molecule has 0 fully saturated rings. The van der Waals surface area contributed by atoms with Crippen LogP contribution in [0.5, 0.6) is 0 Å². The number of nitrogens with zero attached hydrogens (tertiary/aromatic N) is 2. The second kappa shape index (κ2) is 7.55. The molecule has 0 N–H and O–H groups in total. The third-order valence-corrected chi connectivity index (χ3v) is 4.78. The van der Waals surface area contributed by atoms with Gasteiger partial charge in [0.05, 0.1) is 17.6 Å². The molecule has 0 bridgehead atoms. The van der Waals surface area contributed by atoms with Gasteiger partial charge in [0.25, 0.3) is 0 Å². The molecule has 0 aliphatic carbocycles. The van der Waals surface area contributed by atoms with E-state index in [1.165, 1.54) is 5.56 Å². The number of hydrogen-bond acceptors (Lipinski definition) is 3. The fourth-order valence-electron chi connectivity index (χ4n) is 3.19. The lowest BCUT2D eigenvalue weighted by Crippen LogP contribution is -2.20. The average molecular weight is 364 g/mol. The maximum Gasteiger partial charge on any atom is 0.328 e. The number of carbonyl (C=O) groups excluding carboxylic acids is 1. The van der Waals surface area contributed by atoms with E-state index in [-0.39, 0.29) is 11.4 Å². The standard InChI is InChI=1S/C23H28N2O2/c1-6-15-27-22(26)16(2)25-20-10-8-7-9-19(20)24-21(25)17-11-13-18(14-12-17)23(3,4)5/h7-14,16H,6,15H2,1-5H3. The summed E-state index contributed by atoms with van der Waals surface area (Å²) in [6, 6.07) is 15.9. The van der Waals surface area contributed by atoms with Crippen LogP contribution in [0.15, 0.2) is 48.5 Å². The van der Waals surface area contributed by atoms with E-state index >= 15 is 0 Å². The lowest BCUT2D eigenvalue weighted by atomic mass is 9.86. The van der Waals surface area contributed by atoms with E-state index in [1.807, 2.05) is 42.7 Å². The zero-order valence-corrected chi connectivity index (χ0v) is 16.8. The molecule has 142 valence electrons. The van der Waals surface area contributed by atoms with E-state index < -0.39 is 6.04 Å². The molecule has 0 saturated heterocycles. The molecule has 0 aliphatic heterocycles. The summed E-state index contributed by atoms with van der Waals surface area (Å²) in [5, 5.41) is 0. The van der Waals surface area contributed by atoms with Crippen LogP contribution >= 0.6 is 0 Å². The van der Waals surface area contributed by atoms with Gasteiger partial charge < -0.3 is 9.30 Å². The van der Waals surface area contributed by atoms with Crippen molar-refractivity contribution in [2.45, 2.75) is 52.5 Å². The molecule has 3 rings (SSSR count). The van der Waals surface area contributed by atoms with Crippen molar-refractivity contribution in [3.8, 4) is 11.4 Å². The van der Waals surface area contributed by atoms with Gasteiger partial charge >= 0.3 is 5.97 Å². The minimum atomic E-state index is -0.443. The molecular weight excluding hydrogens is 336 g/mol. The smallest absolute Gasteiger partial charge is 0.328 e. The lowest BCUT2D eigenvalue weighted by Gasteiger charge is -2.20. The van der Waals surface area contributed by atoms with E-state index in [0.717, 1.165) is 28.8 Å². The van der Waals surface area contributed by atoms with Gasteiger partial charge in [-0.1, -0.05) is 64.1 Å². The van der Waals surface area contributed by atoms with E-state index in [1.54, 1.807) is 0 Å². The molecule has 27 heavy (non-hydrogen) atoms. The number of rotatable bonds is 5. The Balaban J connectivity index is 2.09. The highest BCUT2D eigenvalue weighted by molar-refractivity contribution is 5.84. The van der Waals surface area contributed by atoms with E-state index in [0.29, 0.717) is 6.61 Å². The maximum absolute atomic E-state index is 12.5. The summed E-state index contributed by atoms with van der Waals surface area (Å²) in [5.74, 6) is 0.560. The monoisotopic (exact) mass is 364 g/mol. The number of fused-ring (bicyclic) bond motifs is 1. The van der Waals surface area contributed by atoms with Crippen LogP contribution in [0, 0.1) is 0 Å². The number of carbonyl (C=O) groups is 1. The quantitative estimate of drug-likeness (QED) is 0.560. The molecule has 0 spiro atoms. The fraction of sp³-hybridized carbons (Fsp3) is 0.391. The van der Waals surface area contributed by atoms with E-state index in [2.05, 4.69) is 45.0 Å². The van der Waals surface area contributed by atoms with Crippen LogP contribution in [0.4, 0.5) is 0 Å². The maximum atomic E-state index is 12.5. The van der Waals surface area contributed by atoms with Crippen molar-refractivity contribution in [3.05, 3.63) is 54.1 Å². The summed E-state index contributed by atoms with van der Waals surface area (Å²) >= 11 is 0. The average Bonchev–Trinajstić information content (AvgIpc) is 3.04. The summed E-state index contributed by atoms with van der Waals surface area (Å²) in [4.78, 5) is 17.4. The largest absolute Gasteiger partial charge is 0.464 e. The van der Waals surface area contributed by atoms with Crippen molar-refractivity contribution >= 4 is 17.0 Å². The number of esters is 1. The molecule has 0 saturated carbocycles. The van der Waals surface area contributed by atoms with Crippen molar-refractivity contribution < 1.29 is 9.53 Å². The second-order valence-electron chi connectivity index (χ2n) is 7.96. The molecule has 1 unspecified atom stereocenters. The minimum absolute atomic E-state index is 0.0932. The molecule has 1 aromatic heterocycles. The molecule has 4 nitrogen and oxygen atoms in total. The zero-order valence-electron chi connectivity index (χ0n) is 16.8. The number of imidazole rings is 1. The van der Waals surface area contributed by atoms with Crippen LogP contribution in [0.1, 0.15) is 52.6 Å². The first-order valence-corrected chi connectivity index (χ1v) is 9.57. The number of ether oxygens (including phenoxy) is 1. The third kappa shape index (κ3) is 3.90. The molecule has 1 atom stereocenters. The normalized spacial score (nSPS) is 12.9. The fourth-order valence-corrected chi connectivity index (χ4v) is 3.19. The van der Waals surface area contributed by atoms with Crippen LogP contribution in [-0.2, 0) is 14.9 Å². The van der Waals surface area contributed by atoms with E-state index in [4.69, 9.17) is 9.72 Å². The number of benzene rings is 2. The number of aromatic nitrogens is 2. The molecule has 1 heterocycles. The van der Waals surface area contributed by atoms with Gasteiger partial charge in [-0.2, -0.15) is 0 Å². The highest BCUT2D eigenvalue weighted by atomic mass is 16.5. The highest BCUT2D eigenvalue weighted by Gasteiger charge is 2.23. The van der Waals surface area contributed by atoms with Gasteiger partial charge in [-0.3, -0.25) is 0 Å². The van der Waals surface area contributed by atoms with Crippen LogP contribution in [0.3, 0.4) is 0 Å². The molecule has 0 amide bonds. The Morgan fingerprint density at radius 3 is 2.41 bits per heavy atom. The number of para-hydroxylation sites is 2. The molecule has 0 aliphatic rings. The van der Waals surface area contributed by atoms with Gasteiger partial charge in [-0.05, 0) is 36.5 Å². The first kappa shape index (κ1) is 19.2. The van der Waals surface area contributed by atoms with Crippen LogP contribution in [-0.4, -0.2) is 22.1 Å². The molecule has 0 radical (unpaired) electrons. The van der Waals surface area contributed by atoms with Crippen molar-refractivity contribution in [2.75, 3.05) is 6.61 Å². The highest BCUT2D eigenvalue weighted by Crippen LogP contribution is 2.31. The molecule has 2 aromatic carbocycles. The van der Waals surface area contributed by atoms with Gasteiger partial charge in [0.1, 0.15) is 11.9 Å². The number of hydrogen-bond donors (Lipinski definition) is 0. The van der Waals surface area contributed by atoms with Crippen LogP contribution in [0.2, 0.25) is 0 Å². The Morgan fingerprint density at radius 2 is 1.78 bits per heavy atom. The van der Waals surface area contributed by atoms with Gasteiger partial charge in [0, 0.05) is 5.56 Å². The third-order valence-electron chi connectivity index (χ3n) is 4.78.